The molecule has 0 aliphatic heterocycles. The molecule has 0 aliphatic rings. The van der Waals surface area contributed by atoms with Gasteiger partial charge in [0.1, 0.15) is 0 Å². The van der Waals surface area contributed by atoms with Gasteiger partial charge in [-0.05, 0) is 24.8 Å². The molecule has 1 rings (SSSR count). The van der Waals surface area contributed by atoms with Crippen molar-refractivity contribution in [2.24, 2.45) is 5.92 Å². The quantitative estimate of drug-likeness (QED) is 0.775. The molecule has 2 unspecified atom stereocenters. The van der Waals surface area contributed by atoms with Crippen molar-refractivity contribution in [2.45, 2.75) is 46.1 Å². The molecule has 1 aromatic rings. The average molecular weight is 206 g/mol. The standard InChI is InChI=1S/C14H22O/c1-4-5-12(3)10-14(15)13-8-6-11(2)7-9-13/h6-9,12,14-15H,4-5,10H2,1-3H3. The second kappa shape index (κ2) is 5.92. The van der Waals surface area contributed by atoms with Crippen LogP contribution in [-0.4, -0.2) is 5.11 Å². The number of hydrogen-bond acceptors (Lipinski definition) is 1. The number of aliphatic hydroxyl groups is 1. The molecule has 0 aromatic heterocycles. The summed E-state index contributed by atoms with van der Waals surface area (Å²) in [7, 11) is 0. The van der Waals surface area contributed by atoms with E-state index in [1.54, 1.807) is 0 Å². The zero-order valence-electron chi connectivity index (χ0n) is 10.0. The first kappa shape index (κ1) is 12.3. The fourth-order valence-corrected chi connectivity index (χ4v) is 1.92. The maximum atomic E-state index is 10.0. The van der Waals surface area contributed by atoms with Crippen molar-refractivity contribution in [3.05, 3.63) is 35.4 Å². The van der Waals surface area contributed by atoms with E-state index in [0.29, 0.717) is 5.92 Å². The number of aryl methyl sites for hydroxylation is 1. The molecule has 0 heterocycles. The van der Waals surface area contributed by atoms with E-state index in [0.717, 1.165) is 12.0 Å². The van der Waals surface area contributed by atoms with Crippen molar-refractivity contribution in [1.82, 2.24) is 0 Å². The SMILES string of the molecule is CCCC(C)CC(O)c1ccc(C)cc1. The molecule has 1 N–H and O–H groups in total. The van der Waals surface area contributed by atoms with Crippen molar-refractivity contribution in [1.29, 1.82) is 0 Å². The highest BCUT2D eigenvalue weighted by molar-refractivity contribution is 5.23. The Hall–Kier alpha value is -0.820. The van der Waals surface area contributed by atoms with Gasteiger partial charge in [-0.25, -0.2) is 0 Å². The van der Waals surface area contributed by atoms with Crippen LogP contribution < -0.4 is 0 Å². The van der Waals surface area contributed by atoms with E-state index in [4.69, 9.17) is 0 Å². The Morgan fingerprint density at radius 2 is 1.80 bits per heavy atom. The lowest BCUT2D eigenvalue weighted by molar-refractivity contribution is 0.145. The van der Waals surface area contributed by atoms with Gasteiger partial charge in [0.2, 0.25) is 0 Å². The van der Waals surface area contributed by atoms with Crippen LogP contribution in [0.3, 0.4) is 0 Å². The van der Waals surface area contributed by atoms with Crippen molar-refractivity contribution >= 4 is 0 Å². The topological polar surface area (TPSA) is 20.2 Å². The van der Waals surface area contributed by atoms with E-state index in [1.807, 2.05) is 12.1 Å². The highest BCUT2D eigenvalue weighted by Gasteiger charge is 2.11. The van der Waals surface area contributed by atoms with Crippen LogP contribution in [0.4, 0.5) is 0 Å². The first-order valence-electron chi connectivity index (χ1n) is 5.88. The summed E-state index contributed by atoms with van der Waals surface area (Å²) in [4.78, 5) is 0. The molecule has 0 fully saturated rings. The van der Waals surface area contributed by atoms with Crippen LogP contribution in [0.1, 0.15) is 50.3 Å². The maximum Gasteiger partial charge on any atom is 0.0792 e. The summed E-state index contributed by atoms with van der Waals surface area (Å²) in [5, 5.41) is 10.0. The molecule has 15 heavy (non-hydrogen) atoms. The van der Waals surface area contributed by atoms with Gasteiger partial charge in [0.15, 0.2) is 0 Å². The predicted molar refractivity (Wildman–Crippen MR) is 64.8 cm³/mol. The molecular weight excluding hydrogens is 184 g/mol. The first-order chi connectivity index (χ1) is 7.13. The summed E-state index contributed by atoms with van der Waals surface area (Å²) < 4.78 is 0. The van der Waals surface area contributed by atoms with Gasteiger partial charge >= 0.3 is 0 Å². The summed E-state index contributed by atoms with van der Waals surface area (Å²) in [5.41, 5.74) is 2.29. The minimum Gasteiger partial charge on any atom is -0.388 e. The molecule has 1 heteroatoms. The average Bonchev–Trinajstić information content (AvgIpc) is 2.18. The van der Waals surface area contributed by atoms with Gasteiger partial charge in [-0.2, -0.15) is 0 Å². The summed E-state index contributed by atoms with van der Waals surface area (Å²) >= 11 is 0. The summed E-state index contributed by atoms with van der Waals surface area (Å²) in [6.07, 6.45) is 2.97. The van der Waals surface area contributed by atoms with Crippen molar-refractivity contribution in [3.8, 4) is 0 Å². The Balaban J connectivity index is 2.53. The van der Waals surface area contributed by atoms with Crippen LogP contribution in [-0.2, 0) is 0 Å². The van der Waals surface area contributed by atoms with Crippen molar-refractivity contribution in [2.75, 3.05) is 0 Å². The summed E-state index contributed by atoms with van der Waals surface area (Å²) in [5.74, 6) is 0.603. The molecule has 0 saturated heterocycles. The Kier molecular flexibility index (Phi) is 4.83. The number of aliphatic hydroxyl groups excluding tert-OH is 1. The molecular formula is C14H22O. The zero-order chi connectivity index (χ0) is 11.3. The predicted octanol–water partition coefficient (Wildman–Crippen LogP) is 3.85. The molecule has 0 bridgehead atoms. The molecule has 0 saturated carbocycles. The van der Waals surface area contributed by atoms with Gasteiger partial charge in [-0.3, -0.25) is 0 Å². The Morgan fingerprint density at radius 1 is 1.20 bits per heavy atom. The molecule has 0 aliphatic carbocycles. The molecule has 84 valence electrons. The fourth-order valence-electron chi connectivity index (χ4n) is 1.92. The third-order valence-electron chi connectivity index (χ3n) is 2.87. The fraction of sp³-hybridized carbons (Fsp3) is 0.571. The zero-order valence-corrected chi connectivity index (χ0v) is 10.0. The number of benzene rings is 1. The first-order valence-corrected chi connectivity index (χ1v) is 5.88. The van der Waals surface area contributed by atoms with E-state index < -0.39 is 0 Å². The normalized spacial score (nSPS) is 14.9. The van der Waals surface area contributed by atoms with Gasteiger partial charge in [0.25, 0.3) is 0 Å². The monoisotopic (exact) mass is 206 g/mol. The molecule has 1 aromatic carbocycles. The summed E-state index contributed by atoms with van der Waals surface area (Å²) in [6, 6.07) is 8.17. The van der Waals surface area contributed by atoms with Crippen LogP contribution in [0.25, 0.3) is 0 Å². The lowest BCUT2D eigenvalue weighted by atomic mass is 9.94. The number of hydrogen-bond donors (Lipinski definition) is 1. The van der Waals surface area contributed by atoms with E-state index in [-0.39, 0.29) is 6.10 Å². The molecule has 0 radical (unpaired) electrons. The van der Waals surface area contributed by atoms with E-state index in [1.165, 1.54) is 18.4 Å². The number of rotatable bonds is 5. The van der Waals surface area contributed by atoms with Gasteiger partial charge in [0.05, 0.1) is 6.10 Å². The Morgan fingerprint density at radius 3 is 2.33 bits per heavy atom. The Labute approximate surface area is 93.1 Å². The van der Waals surface area contributed by atoms with Crippen LogP contribution in [0.15, 0.2) is 24.3 Å². The van der Waals surface area contributed by atoms with Crippen LogP contribution in [0.2, 0.25) is 0 Å². The van der Waals surface area contributed by atoms with E-state index >= 15 is 0 Å². The van der Waals surface area contributed by atoms with Crippen LogP contribution >= 0.6 is 0 Å². The molecule has 1 nitrogen and oxygen atoms in total. The largest absolute Gasteiger partial charge is 0.388 e. The second-order valence-electron chi connectivity index (χ2n) is 4.56. The third-order valence-corrected chi connectivity index (χ3v) is 2.87. The third kappa shape index (κ3) is 4.05. The van der Waals surface area contributed by atoms with E-state index in [9.17, 15) is 5.11 Å². The van der Waals surface area contributed by atoms with Crippen LogP contribution in [0, 0.1) is 12.8 Å². The van der Waals surface area contributed by atoms with Gasteiger partial charge in [0, 0.05) is 0 Å². The molecule has 2 atom stereocenters. The van der Waals surface area contributed by atoms with Gasteiger partial charge < -0.3 is 5.11 Å². The lowest BCUT2D eigenvalue weighted by Gasteiger charge is -2.16. The second-order valence-corrected chi connectivity index (χ2v) is 4.56. The smallest absolute Gasteiger partial charge is 0.0792 e. The molecule has 0 amide bonds. The van der Waals surface area contributed by atoms with Gasteiger partial charge in [-0.1, -0.05) is 56.5 Å². The minimum atomic E-state index is -0.299. The van der Waals surface area contributed by atoms with Crippen molar-refractivity contribution < 1.29 is 5.11 Å². The Bertz CT molecular complexity index is 276. The molecule has 0 spiro atoms. The van der Waals surface area contributed by atoms with E-state index in [2.05, 4.69) is 32.9 Å². The maximum absolute atomic E-state index is 10.0. The lowest BCUT2D eigenvalue weighted by Crippen LogP contribution is -2.04. The van der Waals surface area contributed by atoms with Crippen molar-refractivity contribution in [3.63, 3.8) is 0 Å². The summed E-state index contributed by atoms with van der Waals surface area (Å²) in [6.45, 7) is 6.46. The highest BCUT2D eigenvalue weighted by atomic mass is 16.3. The van der Waals surface area contributed by atoms with Crippen LogP contribution in [0.5, 0.6) is 0 Å². The van der Waals surface area contributed by atoms with Gasteiger partial charge in [-0.15, -0.1) is 0 Å². The highest BCUT2D eigenvalue weighted by Crippen LogP contribution is 2.23. The minimum absolute atomic E-state index is 0.299.